The van der Waals surface area contributed by atoms with Crippen LogP contribution in [0, 0.1) is 0 Å². The van der Waals surface area contributed by atoms with Gasteiger partial charge in [0, 0.05) is 18.8 Å². The van der Waals surface area contributed by atoms with E-state index in [4.69, 9.17) is 22.1 Å². The molecule has 16 heavy (non-hydrogen) atoms. The summed E-state index contributed by atoms with van der Waals surface area (Å²) in [5, 5.41) is 0.505. The van der Waals surface area contributed by atoms with Crippen molar-refractivity contribution in [3.8, 4) is 0 Å². The number of hydrogen-bond acceptors (Lipinski definition) is 4. The van der Waals surface area contributed by atoms with E-state index in [2.05, 4.69) is 16.8 Å². The van der Waals surface area contributed by atoms with Gasteiger partial charge in [-0.1, -0.05) is 18.5 Å². The Balaban J connectivity index is 2.23. The Morgan fingerprint density at radius 3 is 3.19 bits per heavy atom. The van der Waals surface area contributed by atoms with Crippen LogP contribution in [0.3, 0.4) is 0 Å². The summed E-state index contributed by atoms with van der Waals surface area (Å²) in [7, 11) is 0. The molecule has 1 unspecified atom stereocenters. The minimum atomic E-state index is 0.377. The van der Waals surface area contributed by atoms with Crippen molar-refractivity contribution in [3.63, 3.8) is 0 Å². The smallest absolute Gasteiger partial charge is 0.131 e. The monoisotopic (exact) mass is 241 g/mol. The lowest BCUT2D eigenvalue weighted by Crippen LogP contribution is -2.45. The van der Waals surface area contributed by atoms with Crippen LogP contribution in [-0.4, -0.2) is 30.8 Å². The van der Waals surface area contributed by atoms with E-state index in [1.807, 2.05) is 6.07 Å². The van der Waals surface area contributed by atoms with E-state index in [9.17, 15) is 0 Å². The van der Waals surface area contributed by atoms with Gasteiger partial charge in [0.2, 0.25) is 0 Å². The first kappa shape index (κ1) is 11.5. The molecule has 0 aliphatic carbocycles. The number of hydrogen-bond donors (Lipinski definition) is 1. The molecule has 5 heteroatoms. The van der Waals surface area contributed by atoms with Crippen LogP contribution in [0.25, 0.3) is 0 Å². The predicted octanol–water partition coefficient (Wildman–Crippen LogP) is 1.93. The van der Waals surface area contributed by atoms with Crippen molar-refractivity contribution >= 4 is 23.1 Å². The van der Waals surface area contributed by atoms with Crippen molar-refractivity contribution in [1.82, 2.24) is 4.98 Å². The van der Waals surface area contributed by atoms with E-state index in [0.29, 0.717) is 16.8 Å². The number of ether oxygens (including phenoxy) is 1. The Hall–Kier alpha value is -1.00. The maximum Gasteiger partial charge on any atom is 0.131 e. The highest BCUT2D eigenvalue weighted by Gasteiger charge is 2.22. The Bertz CT molecular complexity index is 372. The Kier molecular flexibility index (Phi) is 3.51. The molecule has 1 atom stereocenters. The number of nitrogens with two attached hydrogens (primary N) is 1. The fraction of sp³-hybridized carbons (Fsp3) is 0.545. The zero-order valence-corrected chi connectivity index (χ0v) is 10.1. The quantitative estimate of drug-likeness (QED) is 0.860. The average Bonchev–Trinajstić information content (AvgIpc) is 2.32. The zero-order chi connectivity index (χ0) is 11.5. The molecule has 0 aromatic carbocycles. The molecule has 0 radical (unpaired) electrons. The van der Waals surface area contributed by atoms with Gasteiger partial charge in [-0.2, -0.15) is 0 Å². The molecule has 0 bridgehead atoms. The lowest BCUT2D eigenvalue weighted by atomic mass is 10.1. The van der Waals surface area contributed by atoms with Crippen molar-refractivity contribution in [1.29, 1.82) is 0 Å². The van der Waals surface area contributed by atoms with Crippen molar-refractivity contribution in [2.24, 2.45) is 0 Å². The molecule has 88 valence electrons. The van der Waals surface area contributed by atoms with Crippen molar-refractivity contribution in [2.75, 3.05) is 30.4 Å². The number of anilines is 2. The molecule has 1 saturated heterocycles. The fourth-order valence-electron chi connectivity index (χ4n) is 1.89. The third-order valence-corrected chi connectivity index (χ3v) is 3.18. The summed E-state index contributed by atoms with van der Waals surface area (Å²) in [4.78, 5) is 6.55. The molecule has 2 rings (SSSR count). The molecular weight excluding hydrogens is 226 g/mol. The van der Waals surface area contributed by atoms with Gasteiger partial charge in [-0.3, -0.25) is 0 Å². The normalized spacial score (nSPS) is 21.1. The highest BCUT2D eigenvalue weighted by atomic mass is 35.5. The summed E-state index contributed by atoms with van der Waals surface area (Å²) in [6, 6.07) is 2.21. The molecule has 1 aliphatic heterocycles. The van der Waals surface area contributed by atoms with Crippen LogP contribution >= 0.6 is 11.6 Å². The fourth-order valence-corrected chi connectivity index (χ4v) is 2.00. The Labute approximate surface area is 100 Å². The average molecular weight is 242 g/mol. The molecular formula is C11H16ClN3O. The van der Waals surface area contributed by atoms with Gasteiger partial charge in [0.15, 0.2) is 0 Å². The molecule has 2 heterocycles. The third kappa shape index (κ3) is 2.23. The Morgan fingerprint density at radius 2 is 2.50 bits per heavy atom. The highest BCUT2D eigenvalue weighted by Crippen LogP contribution is 2.25. The topological polar surface area (TPSA) is 51.4 Å². The van der Waals surface area contributed by atoms with Gasteiger partial charge in [0.05, 0.1) is 30.0 Å². The summed E-state index contributed by atoms with van der Waals surface area (Å²) in [5.41, 5.74) is 6.36. The van der Waals surface area contributed by atoms with Gasteiger partial charge in [0.1, 0.15) is 5.82 Å². The van der Waals surface area contributed by atoms with E-state index in [-0.39, 0.29) is 0 Å². The molecule has 1 fully saturated rings. The summed E-state index contributed by atoms with van der Waals surface area (Å²) in [5.74, 6) is 0.886. The molecule has 0 spiro atoms. The number of aromatic nitrogens is 1. The van der Waals surface area contributed by atoms with Gasteiger partial charge in [-0.25, -0.2) is 4.98 Å². The second-order valence-electron chi connectivity index (χ2n) is 3.89. The van der Waals surface area contributed by atoms with E-state index < -0.39 is 0 Å². The number of pyridine rings is 1. The Morgan fingerprint density at radius 1 is 1.69 bits per heavy atom. The number of halogens is 1. The second kappa shape index (κ2) is 4.89. The lowest BCUT2D eigenvalue weighted by Gasteiger charge is -2.36. The van der Waals surface area contributed by atoms with Crippen LogP contribution in [0.2, 0.25) is 5.02 Å². The molecule has 0 amide bonds. The van der Waals surface area contributed by atoms with Crippen molar-refractivity contribution in [2.45, 2.75) is 19.4 Å². The van der Waals surface area contributed by atoms with Gasteiger partial charge >= 0.3 is 0 Å². The number of rotatable bonds is 2. The summed E-state index contributed by atoms with van der Waals surface area (Å²) in [6.07, 6.45) is 2.64. The minimum absolute atomic E-state index is 0.377. The van der Waals surface area contributed by atoms with Crippen LogP contribution in [-0.2, 0) is 4.74 Å². The predicted molar refractivity (Wildman–Crippen MR) is 65.9 cm³/mol. The number of morpholine rings is 1. The SMILES string of the molecule is CCC1COCCN1c1cc(N)c(Cl)cn1. The molecule has 0 saturated carbocycles. The first-order valence-electron chi connectivity index (χ1n) is 5.47. The highest BCUT2D eigenvalue weighted by molar-refractivity contribution is 6.32. The van der Waals surface area contributed by atoms with Gasteiger partial charge in [0.25, 0.3) is 0 Å². The second-order valence-corrected chi connectivity index (χ2v) is 4.30. The zero-order valence-electron chi connectivity index (χ0n) is 9.32. The summed E-state index contributed by atoms with van der Waals surface area (Å²) < 4.78 is 5.45. The van der Waals surface area contributed by atoms with Crippen LogP contribution in [0.4, 0.5) is 11.5 Å². The van der Waals surface area contributed by atoms with Crippen LogP contribution < -0.4 is 10.6 Å². The largest absolute Gasteiger partial charge is 0.397 e. The third-order valence-electron chi connectivity index (χ3n) is 2.86. The summed E-state index contributed by atoms with van der Waals surface area (Å²) in [6.45, 7) is 4.49. The van der Waals surface area contributed by atoms with Gasteiger partial charge in [-0.05, 0) is 6.42 Å². The van der Waals surface area contributed by atoms with E-state index in [1.54, 1.807) is 6.20 Å². The lowest BCUT2D eigenvalue weighted by molar-refractivity contribution is 0.0926. The van der Waals surface area contributed by atoms with Crippen molar-refractivity contribution < 1.29 is 4.74 Å². The minimum Gasteiger partial charge on any atom is -0.397 e. The van der Waals surface area contributed by atoms with Gasteiger partial charge in [-0.15, -0.1) is 0 Å². The van der Waals surface area contributed by atoms with E-state index in [0.717, 1.165) is 32.0 Å². The number of nitrogens with zero attached hydrogens (tertiary/aromatic N) is 2. The van der Waals surface area contributed by atoms with Crippen LogP contribution in [0.5, 0.6) is 0 Å². The molecule has 4 nitrogen and oxygen atoms in total. The van der Waals surface area contributed by atoms with Crippen LogP contribution in [0.1, 0.15) is 13.3 Å². The molecule has 2 N–H and O–H groups in total. The molecule has 1 aromatic rings. The molecule has 1 aliphatic rings. The first-order chi connectivity index (χ1) is 7.72. The van der Waals surface area contributed by atoms with E-state index in [1.165, 1.54) is 0 Å². The van der Waals surface area contributed by atoms with Gasteiger partial charge < -0.3 is 15.4 Å². The first-order valence-corrected chi connectivity index (χ1v) is 5.85. The maximum absolute atomic E-state index is 5.86. The standard InChI is InChI=1S/C11H16ClN3O/c1-2-8-7-16-4-3-15(8)11-5-10(13)9(12)6-14-11/h5-6,8H,2-4,7H2,1H3,(H2,13,14). The van der Waals surface area contributed by atoms with Crippen molar-refractivity contribution in [3.05, 3.63) is 17.3 Å². The van der Waals surface area contributed by atoms with Crippen LogP contribution in [0.15, 0.2) is 12.3 Å². The van der Waals surface area contributed by atoms with E-state index >= 15 is 0 Å². The maximum atomic E-state index is 5.86. The molecule has 1 aromatic heterocycles. The summed E-state index contributed by atoms with van der Waals surface area (Å²) >= 11 is 5.86. The number of nitrogen functional groups attached to an aromatic ring is 1.